The molecule has 1 aromatic carbocycles. The molecule has 53 heteroatoms. The fraction of sp³-hybridized carbons (Fsp3) is 0.630. The van der Waals surface area contributed by atoms with Crippen LogP contribution in [0.2, 0.25) is 0 Å². The number of carbonyl (C=O) groups excluding carboxylic acids is 15. The highest BCUT2D eigenvalue weighted by Crippen LogP contribution is 2.38. The Hall–Kier alpha value is -12.0. The minimum Gasteiger partial charge on any atom is -0.481 e. The molecule has 41 N–H and O–H groups in total. The highest BCUT2D eigenvalue weighted by molar-refractivity contribution is 7.46. The Kier molecular flexibility index (Phi) is 50.8. The Morgan fingerprint density at radius 1 is 0.437 bits per heavy atom. The fourth-order valence-corrected chi connectivity index (χ4v) is 12.8. The monoisotopic (exact) mass is 1810 g/mol. The summed E-state index contributed by atoms with van der Waals surface area (Å²) < 4.78 is 17.4. The van der Waals surface area contributed by atoms with E-state index in [1.165, 1.54) is 6.20 Å². The number of guanidine groups is 3. The maximum absolute atomic E-state index is 14.9. The van der Waals surface area contributed by atoms with Crippen molar-refractivity contribution >= 4 is 131 Å². The maximum atomic E-state index is 14.9. The van der Waals surface area contributed by atoms with Gasteiger partial charge >= 0.3 is 13.8 Å². The number of para-hydroxylation sites is 1. The van der Waals surface area contributed by atoms with Gasteiger partial charge in [0.15, 0.2) is 17.9 Å². The van der Waals surface area contributed by atoms with E-state index in [-0.39, 0.29) is 135 Å². The van der Waals surface area contributed by atoms with E-state index in [2.05, 4.69) is 95.4 Å². The van der Waals surface area contributed by atoms with E-state index in [0.717, 1.165) is 27.7 Å². The summed E-state index contributed by atoms with van der Waals surface area (Å²) in [5.74, 6) is -19.2. The first kappa shape index (κ1) is 110. The minimum atomic E-state index is -5.62. The van der Waals surface area contributed by atoms with E-state index in [9.17, 15) is 111 Å². The van der Waals surface area contributed by atoms with Crippen molar-refractivity contribution in [3.8, 4) is 0 Å². The van der Waals surface area contributed by atoms with E-state index < -0.39 is 245 Å². The van der Waals surface area contributed by atoms with Crippen LogP contribution in [-0.4, -0.2) is 297 Å². The van der Waals surface area contributed by atoms with Gasteiger partial charge in [-0.05, 0) is 155 Å². The number of carboxylic acids is 1. The number of amides is 15. The smallest absolute Gasteiger partial charge is 0.469 e. The zero-order valence-electron chi connectivity index (χ0n) is 70.7. The van der Waals surface area contributed by atoms with Crippen LogP contribution in [0.5, 0.6) is 0 Å². The zero-order valence-corrected chi connectivity index (χ0v) is 71.6. The number of nitrogens with one attached hydrogen (secondary N) is 21. The molecule has 0 aliphatic rings. The molecule has 52 nitrogen and oxygen atoms in total. The number of hydrogen-bond donors (Lipinski definition) is 34. The van der Waals surface area contributed by atoms with Crippen LogP contribution >= 0.6 is 7.82 Å². The van der Waals surface area contributed by atoms with Gasteiger partial charge in [0.25, 0.3) is 0 Å². The average molecular weight is 1810 g/mol. The Labute approximate surface area is 725 Å². The number of unbranched alkanes of at least 4 members (excludes halogenated alkanes) is 3. The van der Waals surface area contributed by atoms with Crippen LogP contribution in [0.25, 0.3) is 10.9 Å². The van der Waals surface area contributed by atoms with Crippen molar-refractivity contribution in [3.05, 3.63) is 36.0 Å². The van der Waals surface area contributed by atoms with Gasteiger partial charge < -0.3 is 166 Å². The first-order valence-electron chi connectivity index (χ1n) is 40.6. The summed E-state index contributed by atoms with van der Waals surface area (Å²) in [7, 11) is -5.62. The summed E-state index contributed by atoms with van der Waals surface area (Å²) in [6.45, 7) is 1.54. The first-order chi connectivity index (χ1) is 59.4. The van der Waals surface area contributed by atoms with E-state index >= 15 is 0 Å². The summed E-state index contributed by atoms with van der Waals surface area (Å²) in [5.41, 5.74) is 39.6. The molecule has 126 heavy (non-hydrogen) atoms. The zero-order chi connectivity index (χ0) is 94.9. The Bertz CT molecular complexity index is 4040. The third kappa shape index (κ3) is 43.0. The predicted molar refractivity (Wildman–Crippen MR) is 452 cm³/mol. The maximum Gasteiger partial charge on any atom is 0.469 e. The molecular weight excluding hydrogens is 1680 g/mol. The van der Waals surface area contributed by atoms with Gasteiger partial charge in [0, 0.05) is 56.5 Å². The SMILES string of the molecule is CC(=O)N[C@@H](CCCNC(=N)N)C(=O)N[C@H](C(=O)N[C@@H](CCCCN)C(=O)N[C@@H](CO)C(=O)N[C@@H](CCCNC(=N)N)C(=O)N[C@H](C(=O)N[C@@H](Cc1c[nH]c2ccccc12)C(=O)N[C@@H](C)C(=O)NCC(=O)N[C@@H](CCC(=O)O)C(=O)N[C@@H](CCCCN)C(=O)N[C@@H](CO)C(=O)N[C@@H](CCCCN)C(=O)N[C@@H](CCCNC(=N)N)C(N)=O)[C@@H](C)OP(=O)(O)O)[C@@H](C)O. The molecule has 708 valence electrons. The number of aliphatic carboxylic acids is 1. The lowest BCUT2D eigenvalue weighted by Crippen LogP contribution is -2.62. The molecule has 0 saturated heterocycles. The number of phosphoric acid groups is 1. The number of hydrogen-bond acceptors (Lipinski definition) is 27. The molecule has 15 amide bonds. The molecule has 0 unspecified atom stereocenters. The third-order valence-corrected chi connectivity index (χ3v) is 19.5. The standard InChI is InChI=1S/C73H127N28O24P/c1-37(59(110)88-34-54(106)91-50(24-25-55(107)108)63(114)93-47(19-8-11-27-75)61(112)98-52(35-102)67(118)94-46(18-7-10-26-74)60(111)92-44(58(77)109)21-13-29-84-71(78)79)89-66(117)51(32-41-33-87-43-17-6-5-16-42(41)43)97-70(121)57(39(3)125-126(122,123)124)101-65(116)49(23-15-31-86-73(82)83)95-68(119)53(36-103)99-62(113)48(20-9-12-28-76)96-69(120)56(38(2)104)100-64(115)45(90-40(4)105)22-14-30-85-72(80)81/h5-6,16-17,33,37-39,44-53,56-57,87,102-104H,7-15,18-32,34-36,74-76H2,1-4H3,(H2,77,109)(H,88,110)(H,89,117)(H,90,105)(H,91,106)(H,92,111)(H,93,114)(H,94,118)(H,95,119)(H,96,120)(H,97,121)(H,98,112)(H,99,113)(H,100,115)(H,101,116)(H,107,108)(H4,78,79,84)(H4,80,81,85)(H4,82,83,86)(H2,122,123,124)/t37-,38+,39+,44-,45-,46-,47-,48-,49-,50-,51-,52-,53-,56-,57-/m0/s1. The lowest BCUT2D eigenvalue weighted by Gasteiger charge is -2.30. The van der Waals surface area contributed by atoms with Crippen molar-refractivity contribution in [3.63, 3.8) is 0 Å². The van der Waals surface area contributed by atoms with Gasteiger partial charge in [-0.1, -0.05) is 18.2 Å². The van der Waals surface area contributed by atoms with Crippen molar-refractivity contribution in [2.24, 2.45) is 40.1 Å². The van der Waals surface area contributed by atoms with Gasteiger partial charge in [-0.25, -0.2) is 4.57 Å². The number of aromatic amines is 1. The molecule has 1 heterocycles. The Morgan fingerprint density at radius 2 is 0.794 bits per heavy atom. The van der Waals surface area contributed by atoms with Gasteiger partial charge in [0.05, 0.1) is 32.0 Å². The molecule has 0 aliphatic carbocycles. The number of phosphoric ester groups is 1. The second kappa shape index (κ2) is 58.2. The molecule has 0 spiro atoms. The largest absolute Gasteiger partial charge is 0.481 e. The molecule has 0 saturated carbocycles. The molecule has 0 fully saturated rings. The molecule has 15 atom stereocenters. The quantitative estimate of drug-likeness (QED) is 0.0127. The van der Waals surface area contributed by atoms with Crippen LogP contribution in [0.1, 0.15) is 142 Å². The van der Waals surface area contributed by atoms with Gasteiger partial charge in [-0.15, -0.1) is 0 Å². The number of nitrogens with two attached hydrogens (primary N) is 7. The molecule has 2 aromatic rings. The highest BCUT2D eigenvalue weighted by atomic mass is 31.2. The van der Waals surface area contributed by atoms with E-state index in [4.69, 9.17) is 60.9 Å². The first-order valence-corrected chi connectivity index (χ1v) is 42.2. The van der Waals surface area contributed by atoms with Gasteiger partial charge in [-0.2, -0.15) is 0 Å². The van der Waals surface area contributed by atoms with Crippen LogP contribution < -0.4 is 131 Å². The number of carboxylic acid groups (broad SMARTS) is 1. The summed E-state index contributed by atoms with van der Waals surface area (Å²) in [5, 5.41) is 105. The van der Waals surface area contributed by atoms with Gasteiger partial charge in [0.1, 0.15) is 78.5 Å². The second-order valence-corrected chi connectivity index (χ2v) is 30.6. The summed E-state index contributed by atoms with van der Waals surface area (Å²) in [6, 6.07) is -15.4. The molecule has 0 bridgehead atoms. The number of aliphatic hydroxyl groups excluding tert-OH is 3. The Balaban J connectivity index is 2.54. The van der Waals surface area contributed by atoms with E-state index in [1.54, 1.807) is 24.3 Å². The van der Waals surface area contributed by atoms with Crippen LogP contribution in [0, 0.1) is 16.2 Å². The molecule has 0 aliphatic heterocycles. The Morgan fingerprint density at radius 3 is 1.20 bits per heavy atom. The summed E-state index contributed by atoms with van der Waals surface area (Å²) in [6.07, 6.45) is -3.26. The van der Waals surface area contributed by atoms with Gasteiger partial charge in [0.2, 0.25) is 88.6 Å². The van der Waals surface area contributed by atoms with Crippen molar-refractivity contribution < 1.29 is 116 Å². The van der Waals surface area contributed by atoms with Crippen LogP contribution in [0.3, 0.4) is 0 Å². The number of rotatable bonds is 63. The number of H-pyrrole nitrogens is 1. The number of fused-ring (bicyclic) bond motifs is 1. The molecule has 2 rings (SSSR count). The van der Waals surface area contributed by atoms with E-state index in [1.807, 2.05) is 0 Å². The number of carbonyl (C=O) groups is 16. The second-order valence-electron chi connectivity index (χ2n) is 29.4. The molecule has 0 radical (unpaired) electrons. The minimum absolute atomic E-state index is 0.00471. The van der Waals surface area contributed by atoms with Crippen molar-refractivity contribution in [2.45, 2.75) is 234 Å². The lowest BCUT2D eigenvalue weighted by molar-refractivity contribution is -0.138. The van der Waals surface area contributed by atoms with Crippen LogP contribution in [-0.2, 0) is 92.2 Å². The third-order valence-electron chi connectivity index (χ3n) is 18.9. The molecule has 1 aromatic heterocycles. The number of primary amides is 1. The van der Waals surface area contributed by atoms with Gasteiger partial charge in [-0.3, -0.25) is 97.5 Å². The molecular formula is C73H127N28O24P. The lowest BCUT2D eigenvalue weighted by atomic mass is 10.0. The highest BCUT2D eigenvalue weighted by Gasteiger charge is 2.40. The van der Waals surface area contributed by atoms with Crippen molar-refractivity contribution in [1.29, 1.82) is 16.2 Å². The normalized spacial score (nSPS) is 14.8. The van der Waals surface area contributed by atoms with Crippen LogP contribution in [0.15, 0.2) is 30.5 Å². The number of benzene rings is 1. The topological polar surface area (TPSA) is 895 Å². The average Bonchev–Trinajstić information content (AvgIpc) is 1.66. The fourth-order valence-electron chi connectivity index (χ4n) is 12.3. The van der Waals surface area contributed by atoms with E-state index in [0.29, 0.717) is 22.9 Å². The number of aromatic nitrogens is 1. The van der Waals surface area contributed by atoms with Crippen molar-refractivity contribution in [1.82, 2.24) is 95.4 Å². The van der Waals surface area contributed by atoms with Crippen molar-refractivity contribution in [2.75, 3.05) is 59.0 Å². The number of aliphatic hydroxyl groups is 3. The van der Waals surface area contributed by atoms with Crippen LogP contribution in [0.4, 0.5) is 0 Å². The summed E-state index contributed by atoms with van der Waals surface area (Å²) >= 11 is 0. The summed E-state index contributed by atoms with van der Waals surface area (Å²) in [4.78, 5) is 243. The predicted octanol–water partition coefficient (Wildman–Crippen LogP) is -11.4.